The van der Waals surface area contributed by atoms with Crippen LogP contribution in [0.4, 0.5) is 0 Å². The molecule has 2 aromatic rings. The van der Waals surface area contributed by atoms with Gasteiger partial charge in [0, 0.05) is 15.6 Å². The summed E-state index contributed by atoms with van der Waals surface area (Å²) in [6.07, 6.45) is 0. The Morgan fingerprint density at radius 1 is 1.10 bits per heavy atom. The van der Waals surface area contributed by atoms with Crippen molar-refractivity contribution in [2.75, 3.05) is 14.2 Å². The van der Waals surface area contributed by atoms with Gasteiger partial charge in [0.15, 0.2) is 17.3 Å². The Morgan fingerprint density at radius 2 is 1.71 bits per heavy atom. The van der Waals surface area contributed by atoms with Crippen molar-refractivity contribution in [3.8, 4) is 11.5 Å². The third-order valence-corrected chi connectivity index (χ3v) is 4.47. The van der Waals surface area contributed by atoms with Crippen LogP contribution < -0.4 is 9.47 Å². The number of benzene rings is 2. The summed E-state index contributed by atoms with van der Waals surface area (Å²) >= 11 is 9.53. The van der Waals surface area contributed by atoms with E-state index in [-0.39, 0.29) is 5.78 Å². The molecule has 0 unspecified atom stereocenters. The summed E-state index contributed by atoms with van der Waals surface area (Å²) in [5, 5.41) is 0.400. The second-order valence-electron chi connectivity index (χ2n) is 4.45. The monoisotopic (exact) mass is 368 g/mol. The lowest BCUT2D eigenvalue weighted by Gasteiger charge is -2.13. The summed E-state index contributed by atoms with van der Waals surface area (Å²) in [6, 6.07) is 8.72. The van der Waals surface area contributed by atoms with E-state index in [4.69, 9.17) is 21.1 Å². The van der Waals surface area contributed by atoms with E-state index in [1.54, 1.807) is 37.4 Å². The average Bonchev–Trinajstić information content (AvgIpc) is 2.49. The van der Waals surface area contributed by atoms with Crippen molar-refractivity contribution in [3.63, 3.8) is 0 Å². The number of ether oxygens (including phenoxy) is 2. The van der Waals surface area contributed by atoms with Crippen LogP contribution in [-0.2, 0) is 0 Å². The summed E-state index contributed by atoms with van der Waals surface area (Å²) in [5.41, 5.74) is 1.78. The number of methoxy groups -OCH3 is 2. The van der Waals surface area contributed by atoms with Crippen molar-refractivity contribution in [1.82, 2.24) is 0 Å². The molecule has 2 rings (SSSR count). The molecule has 0 aliphatic heterocycles. The summed E-state index contributed by atoms with van der Waals surface area (Å²) < 4.78 is 11.2. The molecule has 0 aliphatic carbocycles. The molecule has 0 aromatic heterocycles. The Morgan fingerprint density at radius 3 is 2.33 bits per heavy atom. The maximum Gasteiger partial charge on any atom is 0.194 e. The van der Waals surface area contributed by atoms with Crippen LogP contribution in [0.25, 0.3) is 0 Å². The largest absolute Gasteiger partial charge is 0.493 e. The second-order valence-corrected chi connectivity index (χ2v) is 5.68. The average molecular weight is 370 g/mol. The van der Waals surface area contributed by atoms with Crippen molar-refractivity contribution in [2.24, 2.45) is 0 Å². The zero-order chi connectivity index (χ0) is 15.6. The minimum absolute atomic E-state index is 0.153. The van der Waals surface area contributed by atoms with Crippen LogP contribution in [0.1, 0.15) is 21.5 Å². The normalized spacial score (nSPS) is 10.3. The van der Waals surface area contributed by atoms with E-state index >= 15 is 0 Å². The molecule has 0 saturated carbocycles. The highest BCUT2D eigenvalue weighted by Crippen LogP contribution is 2.33. The number of carbonyl (C=O) groups is 1. The molecular formula is C16H14BrClO3. The Hall–Kier alpha value is -1.52. The van der Waals surface area contributed by atoms with Crippen LogP contribution in [0.5, 0.6) is 11.5 Å². The lowest BCUT2D eigenvalue weighted by atomic mass is 9.98. The molecule has 3 nitrogen and oxygen atoms in total. The van der Waals surface area contributed by atoms with Crippen LogP contribution >= 0.6 is 27.5 Å². The van der Waals surface area contributed by atoms with Gasteiger partial charge in [0.25, 0.3) is 0 Å². The number of hydrogen-bond donors (Lipinski definition) is 0. The second kappa shape index (κ2) is 6.50. The van der Waals surface area contributed by atoms with Crippen LogP contribution in [0.3, 0.4) is 0 Å². The molecule has 0 aliphatic rings. The van der Waals surface area contributed by atoms with Gasteiger partial charge >= 0.3 is 0 Å². The molecule has 0 fully saturated rings. The van der Waals surface area contributed by atoms with E-state index in [1.165, 1.54) is 7.11 Å². The van der Waals surface area contributed by atoms with Gasteiger partial charge in [-0.15, -0.1) is 0 Å². The van der Waals surface area contributed by atoms with Gasteiger partial charge in [-0.05, 0) is 52.7 Å². The van der Waals surface area contributed by atoms with Crippen molar-refractivity contribution in [3.05, 3.63) is 56.5 Å². The van der Waals surface area contributed by atoms with E-state index in [0.717, 1.165) is 5.56 Å². The molecule has 21 heavy (non-hydrogen) atoms. The predicted octanol–water partition coefficient (Wildman–Crippen LogP) is 4.66. The van der Waals surface area contributed by atoms with E-state index in [1.807, 2.05) is 6.92 Å². The molecule has 110 valence electrons. The van der Waals surface area contributed by atoms with Crippen LogP contribution in [0.2, 0.25) is 5.02 Å². The van der Waals surface area contributed by atoms with Crippen LogP contribution in [0, 0.1) is 6.92 Å². The van der Waals surface area contributed by atoms with Crippen molar-refractivity contribution < 1.29 is 14.3 Å². The van der Waals surface area contributed by atoms with Gasteiger partial charge < -0.3 is 9.47 Å². The molecule has 0 heterocycles. The number of hydrogen-bond acceptors (Lipinski definition) is 3. The quantitative estimate of drug-likeness (QED) is 0.735. The topological polar surface area (TPSA) is 35.5 Å². The van der Waals surface area contributed by atoms with Gasteiger partial charge in [-0.1, -0.05) is 17.7 Å². The molecule has 0 bridgehead atoms. The third-order valence-electron chi connectivity index (χ3n) is 3.17. The SMILES string of the molecule is COc1cc(C)c(C(=O)c2cccc(Br)c2Cl)cc1OC. The van der Waals surface area contributed by atoms with E-state index < -0.39 is 0 Å². The number of ketones is 1. The first-order valence-corrected chi connectivity index (χ1v) is 7.38. The molecule has 0 saturated heterocycles. The molecule has 2 aromatic carbocycles. The Kier molecular flexibility index (Phi) is 4.91. The molecule has 0 N–H and O–H groups in total. The highest BCUT2D eigenvalue weighted by atomic mass is 79.9. The number of carbonyl (C=O) groups excluding carboxylic acids is 1. The van der Waals surface area contributed by atoms with E-state index in [0.29, 0.717) is 32.1 Å². The molecule has 0 atom stereocenters. The van der Waals surface area contributed by atoms with E-state index in [2.05, 4.69) is 15.9 Å². The lowest BCUT2D eigenvalue weighted by Crippen LogP contribution is -2.06. The maximum absolute atomic E-state index is 12.7. The minimum atomic E-state index is -0.153. The van der Waals surface area contributed by atoms with Gasteiger partial charge in [0.1, 0.15) is 0 Å². The first-order chi connectivity index (χ1) is 9.99. The molecular weight excluding hydrogens is 356 g/mol. The highest BCUT2D eigenvalue weighted by Gasteiger charge is 2.19. The summed E-state index contributed by atoms with van der Waals surface area (Å²) in [6.45, 7) is 1.85. The van der Waals surface area contributed by atoms with Gasteiger partial charge in [-0.25, -0.2) is 0 Å². The summed E-state index contributed by atoms with van der Waals surface area (Å²) in [7, 11) is 3.09. The Bertz CT molecular complexity index is 698. The highest BCUT2D eigenvalue weighted by molar-refractivity contribution is 9.10. The number of halogens is 2. The molecule has 0 spiro atoms. The summed E-state index contributed by atoms with van der Waals surface area (Å²) in [4.78, 5) is 12.7. The number of aryl methyl sites for hydroxylation is 1. The van der Waals surface area contributed by atoms with Crippen LogP contribution in [-0.4, -0.2) is 20.0 Å². The maximum atomic E-state index is 12.7. The lowest BCUT2D eigenvalue weighted by molar-refractivity contribution is 0.103. The van der Waals surface area contributed by atoms with Gasteiger partial charge in [0.05, 0.1) is 19.2 Å². The van der Waals surface area contributed by atoms with Crippen molar-refractivity contribution in [2.45, 2.75) is 6.92 Å². The Balaban J connectivity index is 2.56. The van der Waals surface area contributed by atoms with Crippen LogP contribution in [0.15, 0.2) is 34.8 Å². The molecule has 0 radical (unpaired) electrons. The third kappa shape index (κ3) is 3.06. The minimum Gasteiger partial charge on any atom is -0.493 e. The zero-order valence-electron chi connectivity index (χ0n) is 11.9. The first-order valence-electron chi connectivity index (χ1n) is 6.21. The predicted molar refractivity (Wildman–Crippen MR) is 86.9 cm³/mol. The molecule has 0 amide bonds. The van der Waals surface area contributed by atoms with Gasteiger partial charge in [0.2, 0.25) is 0 Å². The fraction of sp³-hybridized carbons (Fsp3) is 0.188. The zero-order valence-corrected chi connectivity index (χ0v) is 14.2. The van der Waals surface area contributed by atoms with Crippen molar-refractivity contribution >= 4 is 33.3 Å². The van der Waals surface area contributed by atoms with Gasteiger partial charge in [-0.2, -0.15) is 0 Å². The smallest absolute Gasteiger partial charge is 0.194 e. The number of rotatable bonds is 4. The fourth-order valence-corrected chi connectivity index (χ4v) is 2.63. The summed E-state index contributed by atoms with van der Waals surface area (Å²) in [5.74, 6) is 0.948. The van der Waals surface area contributed by atoms with Crippen molar-refractivity contribution in [1.29, 1.82) is 0 Å². The first kappa shape index (κ1) is 15.9. The standard InChI is InChI=1S/C16H14BrClO3/c1-9-7-13(20-2)14(21-3)8-11(9)16(19)10-5-4-6-12(17)15(10)18/h4-8H,1-3H3. The van der Waals surface area contributed by atoms with E-state index in [9.17, 15) is 4.79 Å². The Labute approximate surface area is 137 Å². The van der Waals surface area contributed by atoms with Gasteiger partial charge in [-0.3, -0.25) is 4.79 Å². The fourth-order valence-electron chi connectivity index (χ4n) is 2.05. The molecule has 5 heteroatoms.